The van der Waals surface area contributed by atoms with Crippen LogP contribution in [0, 0.1) is 0 Å². The van der Waals surface area contributed by atoms with E-state index in [2.05, 4.69) is 15.6 Å². The van der Waals surface area contributed by atoms with Crippen LogP contribution in [0.25, 0.3) is 0 Å². The summed E-state index contributed by atoms with van der Waals surface area (Å²) in [5.74, 6) is -0.0676. The fourth-order valence-electron chi connectivity index (χ4n) is 3.74. The lowest BCUT2D eigenvalue weighted by molar-refractivity contribution is -0.129. The van der Waals surface area contributed by atoms with E-state index in [9.17, 15) is 14.4 Å². The number of nitrogens with zero attached hydrogens (tertiary/aromatic N) is 2. The van der Waals surface area contributed by atoms with Crippen LogP contribution in [-0.4, -0.2) is 53.0 Å². The molecule has 1 heterocycles. The minimum absolute atomic E-state index is 0.0872. The number of hydrogen-bond donors (Lipinski definition) is 2. The Bertz CT molecular complexity index is 916. The van der Waals surface area contributed by atoms with E-state index in [-0.39, 0.29) is 30.7 Å². The number of benzene rings is 1. The number of nitrogens with one attached hydrogen (secondary N) is 2. The summed E-state index contributed by atoms with van der Waals surface area (Å²) >= 11 is 1.38. The summed E-state index contributed by atoms with van der Waals surface area (Å²) < 4.78 is 0. The highest BCUT2D eigenvalue weighted by Crippen LogP contribution is 2.25. The molecule has 0 aliphatic heterocycles. The van der Waals surface area contributed by atoms with Crippen molar-refractivity contribution in [3.05, 3.63) is 54.4 Å². The molecule has 2 N–H and O–H groups in total. The Labute approximate surface area is 193 Å². The summed E-state index contributed by atoms with van der Waals surface area (Å²) in [6, 6.07) is 11.1. The van der Waals surface area contributed by atoms with E-state index < -0.39 is 0 Å². The Morgan fingerprint density at radius 1 is 1.09 bits per heavy atom. The lowest BCUT2D eigenvalue weighted by Crippen LogP contribution is -2.39. The molecule has 0 saturated heterocycles. The minimum atomic E-state index is -0.254. The summed E-state index contributed by atoms with van der Waals surface area (Å²) in [7, 11) is 1.88. The van der Waals surface area contributed by atoms with E-state index in [1.165, 1.54) is 31.0 Å². The highest BCUT2D eigenvalue weighted by molar-refractivity contribution is 8.00. The zero-order valence-electron chi connectivity index (χ0n) is 18.4. The van der Waals surface area contributed by atoms with E-state index >= 15 is 0 Å². The first-order chi connectivity index (χ1) is 15.5. The molecule has 0 radical (unpaired) electrons. The number of amides is 3. The van der Waals surface area contributed by atoms with Gasteiger partial charge in [-0.15, -0.1) is 11.8 Å². The quantitative estimate of drug-likeness (QED) is 0.564. The van der Waals surface area contributed by atoms with Gasteiger partial charge in [0.05, 0.1) is 23.2 Å². The van der Waals surface area contributed by atoms with Crippen LogP contribution in [0.2, 0.25) is 0 Å². The Morgan fingerprint density at radius 2 is 1.88 bits per heavy atom. The van der Waals surface area contributed by atoms with E-state index in [1.807, 2.05) is 24.1 Å². The molecule has 1 aromatic heterocycles. The van der Waals surface area contributed by atoms with Crippen LogP contribution in [0.5, 0.6) is 0 Å². The van der Waals surface area contributed by atoms with E-state index in [4.69, 9.17) is 0 Å². The minimum Gasteiger partial charge on any atom is -0.351 e. The topological polar surface area (TPSA) is 91.4 Å². The molecule has 8 heteroatoms. The predicted octanol–water partition coefficient (Wildman–Crippen LogP) is 3.72. The van der Waals surface area contributed by atoms with Crippen molar-refractivity contribution in [2.45, 2.75) is 49.5 Å². The monoisotopic (exact) mass is 454 g/mol. The highest BCUT2D eigenvalue weighted by atomic mass is 32.2. The van der Waals surface area contributed by atoms with Gasteiger partial charge in [0.25, 0.3) is 5.91 Å². The van der Waals surface area contributed by atoms with Crippen LogP contribution in [0.1, 0.15) is 48.9 Å². The smallest absolute Gasteiger partial charge is 0.252 e. The number of thioether (sulfide) groups is 1. The van der Waals surface area contributed by atoms with Gasteiger partial charge in [-0.1, -0.05) is 31.4 Å². The first-order valence-corrected chi connectivity index (χ1v) is 12.0. The number of pyridine rings is 1. The van der Waals surface area contributed by atoms with E-state index in [0.29, 0.717) is 23.0 Å². The summed E-state index contributed by atoms with van der Waals surface area (Å²) in [6.45, 7) is 0.216. The molecule has 7 nitrogen and oxygen atoms in total. The van der Waals surface area contributed by atoms with E-state index in [0.717, 1.165) is 17.7 Å². The average molecular weight is 455 g/mol. The molecule has 0 spiro atoms. The van der Waals surface area contributed by atoms with Crippen LogP contribution in [0.3, 0.4) is 0 Å². The molecule has 1 aliphatic rings. The molecule has 0 bridgehead atoms. The molecular formula is C24H30N4O3S. The van der Waals surface area contributed by atoms with Gasteiger partial charge in [-0.3, -0.25) is 19.4 Å². The Kier molecular flexibility index (Phi) is 9.10. The van der Waals surface area contributed by atoms with Gasteiger partial charge in [0.15, 0.2) is 0 Å². The fraction of sp³-hybridized carbons (Fsp3) is 0.417. The molecule has 2 aromatic rings. The van der Waals surface area contributed by atoms with Crippen molar-refractivity contribution in [3.8, 4) is 0 Å². The second kappa shape index (κ2) is 12.2. The van der Waals surface area contributed by atoms with Gasteiger partial charge in [-0.05, 0) is 37.1 Å². The van der Waals surface area contributed by atoms with Gasteiger partial charge in [-0.25, -0.2) is 0 Å². The summed E-state index contributed by atoms with van der Waals surface area (Å²) in [5.41, 5.74) is 1.13. The van der Waals surface area contributed by atoms with Crippen molar-refractivity contribution in [2.75, 3.05) is 24.7 Å². The fourth-order valence-corrected chi connectivity index (χ4v) is 4.71. The molecule has 1 aliphatic carbocycles. The molecular weight excluding hydrogens is 424 g/mol. The predicted molar refractivity (Wildman–Crippen MR) is 127 cm³/mol. The third-order valence-corrected chi connectivity index (χ3v) is 6.64. The Hall–Kier alpha value is -2.87. The second-order valence-electron chi connectivity index (χ2n) is 7.88. The first-order valence-electron chi connectivity index (χ1n) is 11.0. The van der Waals surface area contributed by atoms with Crippen molar-refractivity contribution in [1.29, 1.82) is 0 Å². The average Bonchev–Trinajstić information content (AvgIpc) is 2.83. The van der Waals surface area contributed by atoms with Gasteiger partial charge in [0.2, 0.25) is 11.8 Å². The third kappa shape index (κ3) is 7.09. The zero-order chi connectivity index (χ0) is 22.8. The zero-order valence-corrected chi connectivity index (χ0v) is 19.2. The summed E-state index contributed by atoms with van der Waals surface area (Å²) in [6.07, 6.45) is 9.10. The number of aromatic nitrogens is 1. The maximum atomic E-state index is 12.7. The van der Waals surface area contributed by atoms with Crippen LogP contribution in [-0.2, 0) is 9.59 Å². The molecule has 170 valence electrons. The second-order valence-corrected chi connectivity index (χ2v) is 8.89. The van der Waals surface area contributed by atoms with Crippen LogP contribution < -0.4 is 10.6 Å². The SMILES string of the molecule is CN(C(=O)CSc1ccccc1C(=O)NCCC(=O)Nc1cccnc1)C1CCCCC1. The molecule has 0 atom stereocenters. The molecule has 1 fully saturated rings. The van der Waals surface area contributed by atoms with Crippen molar-refractivity contribution in [1.82, 2.24) is 15.2 Å². The van der Waals surface area contributed by atoms with Crippen molar-refractivity contribution in [3.63, 3.8) is 0 Å². The van der Waals surface area contributed by atoms with Gasteiger partial charge in [0.1, 0.15) is 0 Å². The maximum Gasteiger partial charge on any atom is 0.252 e. The Morgan fingerprint density at radius 3 is 2.62 bits per heavy atom. The number of carbonyl (C=O) groups excluding carboxylic acids is 3. The normalized spacial score (nSPS) is 13.9. The molecule has 1 aromatic carbocycles. The van der Waals surface area contributed by atoms with Crippen LogP contribution >= 0.6 is 11.8 Å². The number of rotatable bonds is 9. The highest BCUT2D eigenvalue weighted by Gasteiger charge is 2.22. The molecule has 1 saturated carbocycles. The number of hydrogen-bond acceptors (Lipinski definition) is 5. The molecule has 3 amide bonds. The largest absolute Gasteiger partial charge is 0.351 e. The maximum absolute atomic E-state index is 12.7. The van der Waals surface area contributed by atoms with E-state index in [1.54, 1.807) is 36.7 Å². The van der Waals surface area contributed by atoms with Crippen molar-refractivity contribution >= 4 is 35.2 Å². The number of carbonyl (C=O) groups is 3. The van der Waals surface area contributed by atoms with Crippen LogP contribution in [0.4, 0.5) is 5.69 Å². The van der Waals surface area contributed by atoms with Gasteiger partial charge >= 0.3 is 0 Å². The lowest BCUT2D eigenvalue weighted by atomic mass is 9.94. The van der Waals surface area contributed by atoms with Crippen molar-refractivity contribution < 1.29 is 14.4 Å². The third-order valence-electron chi connectivity index (χ3n) is 5.58. The molecule has 3 rings (SSSR count). The van der Waals surface area contributed by atoms with Crippen molar-refractivity contribution in [2.24, 2.45) is 0 Å². The van der Waals surface area contributed by atoms with Gasteiger partial charge in [-0.2, -0.15) is 0 Å². The van der Waals surface area contributed by atoms with Crippen LogP contribution in [0.15, 0.2) is 53.7 Å². The molecule has 32 heavy (non-hydrogen) atoms. The standard InChI is InChI=1S/C24H30N4O3S/c1-28(19-9-3-2-4-10-19)23(30)17-32-21-12-6-5-11-20(21)24(31)26-15-13-22(29)27-18-8-7-14-25-16-18/h5-8,11-12,14,16,19H,2-4,9-10,13,15,17H2,1H3,(H,26,31)(H,27,29). The molecule has 0 unspecified atom stereocenters. The summed E-state index contributed by atoms with van der Waals surface area (Å²) in [4.78, 5) is 43.9. The van der Waals surface area contributed by atoms with Gasteiger partial charge in [0, 0.05) is 37.1 Å². The van der Waals surface area contributed by atoms with Gasteiger partial charge < -0.3 is 15.5 Å². The number of anilines is 1. The first kappa shape index (κ1) is 23.8. The Balaban J connectivity index is 1.47. The summed E-state index contributed by atoms with van der Waals surface area (Å²) in [5, 5.41) is 5.53. The lowest BCUT2D eigenvalue weighted by Gasteiger charge is -2.31.